The average Bonchev–Trinajstić information content (AvgIpc) is 2.45. The van der Waals surface area contributed by atoms with E-state index in [1.165, 1.54) is 0 Å². The lowest BCUT2D eigenvalue weighted by Gasteiger charge is -1.95. The van der Waals surface area contributed by atoms with Crippen molar-refractivity contribution in [1.29, 1.82) is 0 Å². The van der Waals surface area contributed by atoms with Crippen LogP contribution in [0.4, 0.5) is 0 Å². The molecule has 0 radical (unpaired) electrons. The summed E-state index contributed by atoms with van der Waals surface area (Å²) in [5.41, 5.74) is 1.16. The molecule has 0 saturated carbocycles. The van der Waals surface area contributed by atoms with Gasteiger partial charge in [-0.25, -0.2) is 14.3 Å². The molecule has 6 nitrogen and oxygen atoms in total. The van der Waals surface area contributed by atoms with Crippen LogP contribution in [-0.4, -0.2) is 25.7 Å². The van der Waals surface area contributed by atoms with Gasteiger partial charge in [0.1, 0.15) is 5.56 Å². The monoisotopic (exact) mass is 207 g/mol. The van der Waals surface area contributed by atoms with Gasteiger partial charge in [0.15, 0.2) is 5.65 Å². The van der Waals surface area contributed by atoms with Crippen LogP contribution < -0.4 is 5.56 Å². The predicted octanol–water partition coefficient (Wildman–Crippen LogP) is 0.338. The summed E-state index contributed by atoms with van der Waals surface area (Å²) in [6.07, 6.45) is 1.08. The Morgan fingerprint density at radius 2 is 2.20 bits per heavy atom. The molecule has 2 rings (SSSR count). The van der Waals surface area contributed by atoms with Crippen molar-refractivity contribution in [3.05, 3.63) is 33.4 Å². The summed E-state index contributed by atoms with van der Waals surface area (Å²) in [5.74, 6) is -1.27. The molecule has 2 aromatic heterocycles. The van der Waals surface area contributed by atoms with Crippen LogP contribution in [0.1, 0.15) is 21.6 Å². The topological polar surface area (TPSA) is 87.5 Å². The Kier molecular flexibility index (Phi) is 1.85. The van der Waals surface area contributed by atoms with Crippen LogP contribution in [-0.2, 0) is 0 Å². The van der Waals surface area contributed by atoms with Gasteiger partial charge in [-0.1, -0.05) is 0 Å². The molecule has 0 fully saturated rings. The lowest BCUT2D eigenvalue weighted by Crippen LogP contribution is -2.23. The Labute approximate surface area is 84.2 Å². The molecule has 0 amide bonds. The zero-order valence-electron chi connectivity index (χ0n) is 8.24. The first-order chi connectivity index (χ1) is 7.02. The molecule has 0 aromatic carbocycles. The molecule has 78 valence electrons. The van der Waals surface area contributed by atoms with Gasteiger partial charge < -0.3 is 5.11 Å². The van der Waals surface area contributed by atoms with Gasteiger partial charge in [0.05, 0.1) is 0 Å². The van der Waals surface area contributed by atoms with Crippen LogP contribution in [0.25, 0.3) is 5.65 Å². The van der Waals surface area contributed by atoms with E-state index < -0.39 is 11.5 Å². The number of carboxylic acids is 1. The summed E-state index contributed by atoms with van der Waals surface area (Å²) >= 11 is 0. The van der Waals surface area contributed by atoms with Crippen LogP contribution in [0.15, 0.2) is 11.0 Å². The number of H-pyrrole nitrogens is 1. The number of rotatable bonds is 1. The Bertz CT molecular complexity index is 609. The molecule has 0 aliphatic carbocycles. The number of aryl methyl sites for hydroxylation is 2. The van der Waals surface area contributed by atoms with Crippen LogP contribution in [0.5, 0.6) is 0 Å². The number of aromatic nitrogens is 3. The van der Waals surface area contributed by atoms with Gasteiger partial charge in [0.25, 0.3) is 5.56 Å². The van der Waals surface area contributed by atoms with Gasteiger partial charge in [-0.15, -0.1) is 0 Å². The molecule has 0 aliphatic rings. The van der Waals surface area contributed by atoms with Gasteiger partial charge >= 0.3 is 5.97 Å². The van der Waals surface area contributed by atoms with E-state index in [2.05, 4.69) is 10.1 Å². The number of fused-ring (bicyclic) bond motifs is 1. The zero-order valence-corrected chi connectivity index (χ0v) is 8.24. The normalized spacial score (nSPS) is 10.8. The third-order valence-corrected chi connectivity index (χ3v) is 2.37. The van der Waals surface area contributed by atoms with Crippen molar-refractivity contribution in [2.45, 2.75) is 13.8 Å². The summed E-state index contributed by atoms with van der Waals surface area (Å²) in [4.78, 5) is 26.3. The minimum atomic E-state index is -1.27. The van der Waals surface area contributed by atoms with Crippen molar-refractivity contribution < 1.29 is 9.90 Å². The quantitative estimate of drug-likeness (QED) is 0.705. The third-order valence-electron chi connectivity index (χ3n) is 2.37. The minimum Gasteiger partial charge on any atom is -0.477 e. The number of hydrogen-bond donors (Lipinski definition) is 2. The lowest BCUT2D eigenvalue weighted by molar-refractivity contribution is 0.0694. The van der Waals surface area contributed by atoms with Crippen molar-refractivity contribution in [2.24, 2.45) is 0 Å². The standard InChI is InChI=1S/C9H9N3O3/c1-4-5(2)11-12-7(4)10-3-6(8(12)13)9(14)15/h3,11H,1-2H3,(H,14,15). The minimum absolute atomic E-state index is 0.339. The first-order valence-corrected chi connectivity index (χ1v) is 4.32. The predicted molar refractivity (Wildman–Crippen MR) is 52.2 cm³/mol. The van der Waals surface area contributed by atoms with Crippen LogP contribution >= 0.6 is 0 Å². The summed E-state index contributed by atoms with van der Waals surface area (Å²) in [6, 6.07) is 0. The van der Waals surface area contributed by atoms with E-state index >= 15 is 0 Å². The molecule has 2 heterocycles. The first-order valence-electron chi connectivity index (χ1n) is 4.32. The molecule has 6 heteroatoms. The fourth-order valence-electron chi connectivity index (χ4n) is 1.39. The number of aromatic carboxylic acids is 1. The molecule has 0 aliphatic heterocycles. The number of aromatic amines is 1. The fraction of sp³-hybridized carbons (Fsp3) is 0.222. The number of nitrogens with zero attached hydrogens (tertiary/aromatic N) is 2. The number of nitrogens with one attached hydrogen (secondary N) is 1. The second-order valence-electron chi connectivity index (χ2n) is 3.30. The highest BCUT2D eigenvalue weighted by atomic mass is 16.4. The van der Waals surface area contributed by atoms with E-state index in [0.29, 0.717) is 5.65 Å². The highest BCUT2D eigenvalue weighted by Gasteiger charge is 2.14. The van der Waals surface area contributed by atoms with Crippen molar-refractivity contribution in [3.63, 3.8) is 0 Å². The molecule has 2 aromatic rings. The Morgan fingerprint density at radius 1 is 1.53 bits per heavy atom. The van der Waals surface area contributed by atoms with Gasteiger partial charge in [-0.05, 0) is 13.8 Å². The summed E-state index contributed by atoms with van der Waals surface area (Å²) in [5, 5.41) is 11.5. The second kappa shape index (κ2) is 2.94. The maximum Gasteiger partial charge on any atom is 0.343 e. The smallest absolute Gasteiger partial charge is 0.343 e. The Hall–Kier alpha value is -2.11. The summed E-state index contributed by atoms with van der Waals surface area (Å²) in [7, 11) is 0. The second-order valence-corrected chi connectivity index (χ2v) is 3.30. The zero-order chi connectivity index (χ0) is 11.2. The van der Waals surface area contributed by atoms with E-state index in [1.807, 2.05) is 6.92 Å². The van der Waals surface area contributed by atoms with E-state index in [-0.39, 0.29) is 5.56 Å². The lowest BCUT2D eigenvalue weighted by atomic mass is 10.3. The number of carboxylic acid groups (broad SMARTS) is 1. The Morgan fingerprint density at radius 3 is 2.80 bits per heavy atom. The van der Waals surface area contributed by atoms with E-state index in [4.69, 9.17) is 5.11 Å². The largest absolute Gasteiger partial charge is 0.477 e. The van der Waals surface area contributed by atoms with Gasteiger partial charge in [-0.2, -0.15) is 0 Å². The van der Waals surface area contributed by atoms with Gasteiger partial charge in [0, 0.05) is 17.5 Å². The van der Waals surface area contributed by atoms with Crippen LogP contribution in [0.2, 0.25) is 0 Å². The van der Waals surface area contributed by atoms with Crippen molar-refractivity contribution in [3.8, 4) is 0 Å². The summed E-state index contributed by atoms with van der Waals surface area (Å²) in [6.45, 7) is 3.61. The molecule has 2 N–H and O–H groups in total. The number of carbonyl (C=O) groups is 1. The van der Waals surface area contributed by atoms with Crippen molar-refractivity contribution >= 4 is 11.6 Å². The third kappa shape index (κ3) is 1.22. The fourth-order valence-corrected chi connectivity index (χ4v) is 1.39. The number of hydrogen-bond acceptors (Lipinski definition) is 3. The van der Waals surface area contributed by atoms with Crippen molar-refractivity contribution in [1.82, 2.24) is 14.6 Å². The van der Waals surface area contributed by atoms with Crippen LogP contribution in [0, 0.1) is 13.8 Å². The maximum absolute atomic E-state index is 11.6. The molecule has 0 atom stereocenters. The molecule has 0 saturated heterocycles. The van der Waals surface area contributed by atoms with Crippen molar-refractivity contribution in [2.75, 3.05) is 0 Å². The molecule has 15 heavy (non-hydrogen) atoms. The molecular weight excluding hydrogens is 198 g/mol. The van der Waals surface area contributed by atoms with E-state index in [0.717, 1.165) is 22.0 Å². The van der Waals surface area contributed by atoms with E-state index in [1.54, 1.807) is 6.92 Å². The molecular formula is C9H9N3O3. The highest BCUT2D eigenvalue weighted by Crippen LogP contribution is 2.09. The molecule has 0 unspecified atom stereocenters. The first kappa shape index (κ1) is 9.45. The Balaban J connectivity index is 2.92. The van der Waals surface area contributed by atoms with Gasteiger partial charge in [0.2, 0.25) is 0 Å². The SMILES string of the molecule is Cc1[nH]n2c(=O)c(C(=O)O)cnc2c1C. The summed E-state index contributed by atoms with van der Waals surface area (Å²) < 4.78 is 1.15. The van der Waals surface area contributed by atoms with Gasteiger partial charge in [-0.3, -0.25) is 9.89 Å². The maximum atomic E-state index is 11.6. The highest BCUT2D eigenvalue weighted by molar-refractivity contribution is 5.87. The van der Waals surface area contributed by atoms with Crippen LogP contribution in [0.3, 0.4) is 0 Å². The molecule has 0 bridgehead atoms. The van der Waals surface area contributed by atoms with E-state index in [9.17, 15) is 9.59 Å². The average molecular weight is 207 g/mol. The molecule has 0 spiro atoms.